The first-order valence-corrected chi connectivity index (χ1v) is 8.13. The topological polar surface area (TPSA) is 90.3 Å². The van der Waals surface area contributed by atoms with Crippen molar-refractivity contribution in [2.45, 2.75) is 20.4 Å². The van der Waals surface area contributed by atoms with Crippen LogP contribution in [0.5, 0.6) is 0 Å². The van der Waals surface area contributed by atoms with Gasteiger partial charge in [-0.15, -0.1) is 0 Å². The Morgan fingerprint density at radius 1 is 1.16 bits per heavy atom. The molecule has 1 aromatic heterocycles. The van der Waals surface area contributed by atoms with Crippen LogP contribution >= 0.6 is 0 Å². The minimum absolute atomic E-state index is 0.0580. The molecule has 0 fully saturated rings. The second kappa shape index (κ2) is 7.48. The summed E-state index contributed by atoms with van der Waals surface area (Å²) >= 11 is 0. The maximum atomic E-state index is 12.7. The van der Waals surface area contributed by atoms with Crippen molar-refractivity contribution in [3.05, 3.63) is 61.8 Å². The fourth-order valence-corrected chi connectivity index (χ4v) is 2.71. The summed E-state index contributed by atoms with van der Waals surface area (Å²) in [6.07, 6.45) is 0. The van der Waals surface area contributed by atoms with Crippen LogP contribution in [0.15, 0.2) is 33.9 Å². The molecule has 0 saturated carbocycles. The third-order valence-corrected chi connectivity index (χ3v) is 4.46. The second-order valence-corrected chi connectivity index (χ2v) is 6.12. The van der Waals surface area contributed by atoms with Gasteiger partial charge < -0.3 is 5.73 Å². The molecule has 7 heteroatoms. The van der Waals surface area contributed by atoms with E-state index >= 15 is 0 Å². The van der Waals surface area contributed by atoms with E-state index in [1.54, 1.807) is 0 Å². The zero-order valence-electron chi connectivity index (χ0n) is 15.1. The molecule has 25 heavy (non-hydrogen) atoms. The Labute approximate surface area is 146 Å². The van der Waals surface area contributed by atoms with E-state index in [9.17, 15) is 14.4 Å². The lowest BCUT2D eigenvalue weighted by molar-refractivity contribution is 0.0927. The molecule has 0 aliphatic rings. The van der Waals surface area contributed by atoms with Crippen LogP contribution in [0.2, 0.25) is 0 Å². The summed E-state index contributed by atoms with van der Waals surface area (Å²) in [6, 6.07) is 7.96. The Kier molecular flexibility index (Phi) is 5.58. The molecule has 0 saturated heterocycles. The van der Waals surface area contributed by atoms with Crippen molar-refractivity contribution in [1.82, 2.24) is 14.0 Å². The first-order chi connectivity index (χ1) is 11.8. The van der Waals surface area contributed by atoms with E-state index in [1.807, 2.05) is 43.0 Å². The first-order valence-electron chi connectivity index (χ1n) is 8.13. The van der Waals surface area contributed by atoms with Crippen molar-refractivity contribution >= 4 is 11.6 Å². The molecule has 0 radical (unpaired) electrons. The second-order valence-electron chi connectivity index (χ2n) is 6.12. The van der Waals surface area contributed by atoms with Gasteiger partial charge in [-0.2, -0.15) is 0 Å². The van der Waals surface area contributed by atoms with Gasteiger partial charge >= 0.3 is 5.69 Å². The number of nitrogens with two attached hydrogens (primary N) is 1. The molecule has 0 atom stereocenters. The van der Waals surface area contributed by atoms with E-state index in [2.05, 4.69) is 0 Å². The number of nitrogen functional groups attached to an aromatic ring is 1. The van der Waals surface area contributed by atoms with Crippen molar-refractivity contribution in [2.24, 2.45) is 14.1 Å². The molecule has 2 N–H and O–H groups in total. The lowest BCUT2D eigenvalue weighted by atomic mass is 10.1. The van der Waals surface area contributed by atoms with E-state index in [1.165, 1.54) is 14.1 Å². The number of benzene rings is 1. The lowest BCUT2D eigenvalue weighted by Gasteiger charge is -2.21. The predicted octanol–water partition coefficient (Wildman–Crippen LogP) is 0.679. The molecule has 0 aliphatic carbocycles. The average molecular weight is 344 g/mol. The molecule has 1 aromatic carbocycles. The Balaban J connectivity index is 2.31. The number of carbonyl (C=O) groups is 1. The van der Waals surface area contributed by atoms with E-state index in [0.29, 0.717) is 13.1 Å². The number of Topliss-reactive ketones (excluding diaryl/α,β-unsaturated/α-hetero) is 1. The normalized spacial score (nSPS) is 11.1. The minimum atomic E-state index is -0.655. The van der Waals surface area contributed by atoms with Crippen LogP contribution in [0.4, 0.5) is 5.82 Å². The average Bonchev–Trinajstić information content (AvgIpc) is 2.59. The van der Waals surface area contributed by atoms with Gasteiger partial charge in [0.2, 0.25) is 0 Å². The van der Waals surface area contributed by atoms with Gasteiger partial charge in [-0.1, -0.05) is 31.2 Å². The summed E-state index contributed by atoms with van der Waals surface area (Å²) in [5.74, 6) is -0.478. The Hall–Kier alpha value is -2.67. The van der Waals surface area contributed by atoms with Gasteiger partial charge in [-0.3, -0.25) is 23.6 Å². The van der Waals surface area contributed by atoms with Gasteiger partial charge in [-0.25, -0.2) is 4.79 Å². The Bertz CT molecular complexity index is 912. The molecule has 0 bridgehead atoms. The zero-order valence-corrected chi connectivity index (χ0v) is 15.1. The monoisotopic (exact) mass is 344 g/mol. The summed E-state index contributed by atoms with van der Waals surface area (Å²) in [7, 11) is 2.78. The molecule has 1 heterocycles. The predicted molar refractivity (Wildman–Crippen MR) is 97.8 cm³/mol. The van der Waals surface area contributed by atoms with Gasteiger partial charge in [0, 0.05) is 20.6 Å². The minimum Gasteiger partial charge on any atom is -0.384 e. The Morgan fingerprint density at radius 3 is 2.40 bits per heavy atom. The van der Waals surface area contributed by atoms with Crippen LogP contribution in [0.25, 0.3) is 0 Å². The van der Waals surface area contributed by atoms with Crippen molar-refractivity contribution in [3.8, 4) is 0 Å². The molecule has 2 rings (SSSR count). The fourth-order valence-electron chi connectivity index (χ4n) is 2.71. The van der Waals surface area contributed by atoms with Crippen molar-refractivity contribution in [3.63, 3.8) is 0 Å². The van der Waals surface area contributed by atoms with E-state index in [4.69, 9.17) is 5.73 Å². The van der Waals surface area contributed by atoms with Crippen molar-refractivity contribution in [1.29, 1.82) is 0 Å². The smallest absolute Gasteiger partial charge is 0.332 e. The van der Waals surface area contributed by atoms with E-state index in [0.717, 1.165) is 20.3 Å². The van der Waals surface area contributed by atoms with Gasteiger partial charge in [0.05, 0.1) is 6.54 Å². The highest BCUT2D eigenvalue weighted by molar-refractivity contribution is 6.01. The van der Waals surface area contributed by atoms with Gasteiger partial charge in [0.25, 0.3) is 5.56 Å². The van der Waals surface area contributed by atoms with Crippen LogP contribution in [-0.4, -0.2) is 32.9 Å². The number of ketones is 1. The molecule has 0 unspecified atom stereocenters. The molecule has 2 aromatic rings. The molecule has 0 aliphatic heterocycles. The number of hydrogen-bond acceptors (Lipinski definition) is 5. The molecule has 7 nitrogen and oxygen atoms in total. The van der Waals surface area contributed by atoms with Gasteiger partial charge in [0.1, 0.15) is 11.4 Å². The highest BCUT2D eigenvalue weighted by Crippen LogP contribution is 2.12. The Morgan fingerprint density at radius 2 is 1.80 bits per heavy atom. The third kappa shape index (κ3) is 3.71. The van der Waals surface area contributed by atoms with Crippen LogP contribution < -0.4 is 17.0 Å². The number of nitrogens with zero attached hydrogens (tertiary/aromatic N) is 3. The number of aromatic nitrogens is 2. The molecule has 0 spiro atoms. The maximum Gasteiger partial charge on any atom is 0.332 e. The van der Waals surface area contributed by atoms with E-state index < -0.39 is 11.2 Å². The summed E-state index contributed by atoms with van der Waals surface area (Å²) in [5, 5.41) is 0. The molecular formula is C18H24N4O3. The highest BCUT2D eigenvalue weighted by atomic mass is 16.2. The highest BCUT2D eigenvalue weighted by Gasteiger charge is 2.22. The standard InChI is InChI=1S/C18H24N4O3/c1-5-22(10-13-9-7-6-8-12(13)2)11-14(23)15-16(19)20(3)18(25)21(4)17(15)24/h6-9H,5,10-11,19H2,1-4H3. The van der Waals surface area contributed by atoms with Gasteiger partial charge in [0.15, 0.2) is 5.78 Å². The number of rotatable bonds is 6. The summed E-state index contributed by atoms with van der Waals surface area (Å²) in [6.45, 7) is 5.27. The first kappa shape index (κ1) is 18.7. The van der Waals surface area contributed by atoms with Crippen LogP contribution in [-0.2, 0) is 20.6 Å². The summed E-state index contributed by atoms with van der Waals surface area (Å²) < 4.78 is 2.02. The lowest BCUT2D eigenvalue weighted by Crippen LogP contribution is -2.43. The number of likely N-dealkylation sites (N-methyl/N-ethyl adjacent to an activating group) is 1. The van der Waals surface area contributed by atoms with Crippen molar-refractivity contribution in [2.75, 3.05) is 18.8 Å². The van der Waals surface area contributed by atoms with Crippen molar-refractivity contribution < 1.29 is 4.79 Å². The van der Waals surface area contributed by atoms with Crippen LogP contribution in [0, 0.1) is 6.92 Å². The summed E-state index contributed by atoms with van der Waals surface area (Å²) in [5.41, 5.74) is 6.79. The van der Waals surface area contributed by atoms with Crippen LogP contribution in [0.3, 0.4) is 0 Å². The maximum absolute atomic E-state index is 12.7. The summed E-state index contributed by atoms with van der Waals surface area (Å²) in [4.78, 5) is 38.8. The molecular weight excluding hydrogens is 320 g/mol. The van der Waals surface area contributed by atoms with E-state index in [-0.39, 0.29) is 23.7 Å². The molecule has 0 amide bonds. The number of anilines is 1. The van der Waals surface area contributed by atoms with Gasteiger partial charge in [-0.05, 0) is 24.6 Å². The number of hydrogen-bond donors (Lipinski definition) is 1. The van der Waals surface area contributed by atoms with Crippen LogP contribution in [0.1, 0.15) is 28.4 Å². The zero-order chi connectivity index (χ0) is 18.7. The molecule has 134 valence electrons. The number of carbonyl (C=O) groups excluding carboxylic acids is 1. The third-order valence-electron chi connectivity index (χ3n) is 4.46. The SMILES string of the molecule is CCN(CC(=O)c1c(N)n(C)c(=O)n(C)c1=O)Cc1ccccc1C. The largest absolute Gasteiger partial charge is 0.384 e. The number of aryl methyl sites for hydroxylation is 1. The fraction of sp³-hybridized carbons (Fsp3) is 0.389. The quantitative estimate of drug-likeness (QED) is 0.778.